The molecule has 1 fully saturated rings. The quantitative estimate of drug-likeness (QED) is 0.891. The third-order valence-electron chi connectivity index (χ3n) is 4.44. The number of hydrogen-bond acceptors (Lipinski definition) is 4. The highest BCUT2D eigenvalue weighted by Gasteiger charge is 2.19. The Kier molecular flexibility index (Phi) is 5.72. The lowest BCUT2D eigenvalue weighted by atomic mass is 9.97. The van der Waals surface area contributed by atoms with Gasteiger partial charge in [0.05, 0.1) is 5.69 Å². The number of nitrogens with zero attached hydrogens (tertiary/aromatic N) is 3. The van der Waals surface area contributed by atoms with Gasteiger partial charge in [-0.2, -0.15) is 0 Å². The molecule has 0 spiro atoms. The predicted molar refractivity (Wildman–Crippen MR) is 92.9 cm³/mol. The van der Waals surface area contributed by atoms with Crippen molar-refractivity contribution < 1.29 is 0 Å². The van der Waals surface area contributed by atoms with Gasteiger partial charge in [-0.15, -0.1) is 0 Å². The van der Waals surface area contributed by atoms with Crippen molar-refractivity contribution in [1.29, 1.82) is 0 Å². The van der Waals surface area contributed by atoms with Crippen molar-refractivity contribution in [2.45, 2.75) is 32.9 Å². The average molecular weight is 310 g/mol. The molecule has 4 heteroatoms. The van der Waals surface area contributed by atoms with E-state index in [1.54, 1.807) is 0 Å². The van der Waals surface area contributed by atoms with Crippen LogP contribution in [-0.2, 0) is 13.1 Å². The lowest BCUT2D eigenvalue weighted by Gasteiger charge is -2.32. The Labute approximate surface area is 139 Å². The molecule has 3 heterocycles. The molecule has 4 nitrogen and oxygen atoms in total. The summed E-state index contributed by atoms with van der Waals surface area (Å²) >= 11 is 0. The predicted octanol–water partition coefficient (Wildman–Crippen LogP) is 2.79. The SMILES string of the molecule is Cc1ccc(CNC[C@@H]2CCCN(Cc3cccnc3)C2)nc1. The molecule has 2 aromatic rings. The summed E-state index contributed by atoms with van der Waals surface area (Å²) in [5, 5.41) is 3.57. The van der Waals surface area contributed by atoms with Gasteiger partial charge in [0.2, 0.25) is 0 Å². The molecule has 0 amide bonds. The summed E-state index contributed by atoms with van der Waals surface area (Å²) < 4.78 is 0. The molecule has 0 aliphatic carbocycles. The summed E-state index contributed by atoms with van der Waals surface area (Å²) in [5.41, 5.74) is 3.65. The Balaban J connectivity index is 1.42. The second kappa shape index (κ2) is 8.18. The Morgan fingerprint density at radius 2 is 2.22 bits per heavy atom. The number of piperidine rings is 1. The molecule has 23 heavy (non-hydrogen) atoms. The van der Waals surface area contributed by atoms with Crippen molar-refractivity contribution >= 4 is 0 Å². The Hall–Kier alpha value is -1.78. The van der Waals surface area contributed by atoms with Gasteiger partial charge in [0, 0.05) is 38.2 Å². The first-order chi connectivity index (χ1) is 11.3. The maximum atomic E-state index is 4.45. The van der Waals surface area contributed by atoms with Gasteiger partial charge in [-0.05, 0) is 62.0 Å². The van der Waals surface area contributed by atoms with Gasteiger partial charge in [0.15, 0.2) is 0 Å². The van der Waals surface area contributed by atoms with Crippen molar-refractivity contribution in [2.24, 2.45) is 5.92 Å². The van der Waals surface area contributed by atoms with Crippen molar-refractivity contribution in [3.05, 3.63) is 59.7 Å². The van der Waals surface area contributed by atoms with E-state index in [9.17, 15) is 0 Å². The van der Waals surface area contributed by atoms with Gasteiger partial charge < -0.3 is 5.32 Å². The van der Waals surface area contributed by atoms with Crippen LogP contribution in [0.25, 0.3) is 0 Å². The van der Waals surface area contributed by atoms with Gasteiger partial charge >= 0.3 is 0 Å². The zero-order valence-electron chi connectivity index (χ0n) is 13.9. The van der Waals surface area contributed by atoms with Crippen LogP contribution in [0.3, 0.4) is 0 Å². The van der Waals surface area contributed by atoms with Crippen LogP contribution in [0.4, 0.5) is 0 Å². The van der Waals surface area contributed by atoms with Gasteiger partial charge in [0.25, 0.3) is 0 Å². The highest BCUT2D eigenvalue weighted by Crippen LogP contribution is 2.18. The number of pyridine rings is 2. The topological polar surface area (TPSA) is 41.0 Å². The van der Waals surface area contributed by atoms with E-state index >= 15 is 0 Å². The van der Waals surface area contributed by atoms with Crippen LogP contribution in [0, 0.1) is 12.8 Å². The molecule has 0 bridgehead atoms. The smallest absolute Gasteiger partial charge is 0.0541 e. The van der Waals surface area contributed by atoms with Crippen molar-refractivity contribution in [2.75, 3.05) is 19.6 Å². The number of nitrogens with one attached hydrogen (secondary N) is 1. The summed E-state index contributed by atoms with van der Waals surface area (Å²) in [5.74, 6) is 0.728. The molecule has 2 aromatic heterocycles. The minimum absolute atomic E-state index is 0.728. The Bertz CT molecular complexity index is 582. The van der Waals surface area contributed by atoms with Crippen LogP contribution in [0.15, 0.2) is 42.9 Å². The number of hydrogen-bond donors (Lipinski definition) is 1. The molecule has 0 saturated carbocycles. The summed E-state index contributed by atoms with van der Waals surface area (Å²) in [6, 6.07) is 8.42. The van der Waals surface area contributed by atoms with E-state index in [2.05, 4.69) is 45.3 Å². The standard InChI is InChI=1S/C19H26N4/c1-16-6-7-19(22-10-16)13-21-12-18-5-3-9-23(15-18)14-17-4-2-8-20-11-17/h2,4,6-8,10-11,18,21H,3,5,9,12-15H2,1H3/t18-/m0/s1. The van der Waals surface area contributed by atoms with E-state index in [-0.39, 0.29) is 0 Å². The van der Waals surface area contributed by atoms with E-state index in [0.29, 0.717) is 0 Å². The summed E-state index contributed by atoms with van der Waals surface area (Å²) in [6.45, 7) is 7.39. The monoisotopic (exact) mass is 310 g/mol. The maximum Gasteiger partial charge on any atom is 0.0541 e. The molecule has 3 rings (SSSR count). The van der Waals surface area contributed by atoms with E-state index in [0.717, 1.165) is 31.2 Å². The van der Waals surface area contributed by atoms with E-state index in [1.165, 1.54) is 37.1 Å². The molecule has 1 saturated heterocycles. The van der Waals surface area contributed by atoms with Crippen molar-refractivity contribution in [3.8, 4) is 0 Å². The van der Waals surface area contributed by atoms with Crippen molar-refractivity contribution in [1.82, 2.24) is 20.2 Å². The van der Waals surface area contributed by atoms with Crippen LogP contribution in [0.5, 0.6) is 0 Å². The normalized spacial score (nSPS) is 18.9. The second-order valence-corrected chi connectivity index (χ2v) is 6.56. The number of likely N-dealkylation sites (tertiary alicyclic amines) is 1. The molecule has 1 N–H and O–H groups in total. The highest BCUT2D eigenvalue weighted by molar-refractivity contribution is 5.12. The van der Waals surface area contributed by atoms with Crippen LogP contribution in [0.2, 0.25) is 0 Å². The molecule has 0 unspecified atom stereocenters. The van der Waals surface area contributed by atoms with E-state index in [1.807, 2.05) is 24.7 Å². The highest BCUT2D eigenvalue weighted by atomic mass is 15.1. The maximum absolute atomic E-state index is 4.45. The van der Waals surface area contributed by atoms with E-state index < -0.39 is 0 Å². The zero-order chi connectivity index (χ0) is 15.9. The molecular formula is C19H26N4. The molecule has 1 atom stereocenters. The minimum atomic E-state index is 0.728. The third kappa shape index (κ3) is 5.12. The van der Waals surface area contributed by atoms with E-state index in [4.69, 9.17) is 0 Å². The van der Waals surface area contributed by atoms with Crippen LogP contribution >= 0.6 is 0 Å². The number of aromatic nitrogens is 2. The first kappa shape index (κ1) is 16.1. The molecular weight excluding hydrogens is 284 g/mol. The molecule has 0 radical (unpaired) electrons. The minimum Gasteiger partial charge on any atom is -0.311 e. The molecule has 122 valence electrons. The fourth-order valence-electron chi connectivity index (χ4n) is 3.22. The number of aryl methyl sites for hydroxylation is 1. The lowest BCUT2D eigenvalue weighted by Crippen LogP contribution is -2.39. The Morgan fingerprint density at radius 3 is 3.00 bits per heavy atom. The van der Waals surface area contributed by atoms with Crippen LogP contribution < -0.4 is 5.32 Å². The Morgan fingerprint density at radius 1 is 1.26 bits per heavy atom. The van der Waals surface area contributed by atoms with Gasteiger partial charge in [-0.1, -0.05) is 12.1 Å². The lowest BCUT2D eigenvalue weighted by molar-refractivity contribution is 0.165. The van der Waals surface area contributed by atoms with Crippen LogP contribution in [0.1, 0.15) is 29.7 Å². The zero-order valence-corrected chi connectivity index (χ0v) is 13.9. The largest absolute Gasteiger partial charge is 0.311 e. The first-order valence-corrected chi connectivity index (χ1v) is 8.53. The first-order valence-electron chi connectivity index (χ1n) is 8.53. The molecule has 0 aromatic carbocycles. The van der Waals surface area contributed by atoms with Gasteiger partial charge in [-0.3, -0.25) is 14.9 Å². The fraction of sp³-hybridized carbons (Fsp3) is 0.474. The molecule has 1 aliphatic heterocycles. The second-order valence-electron chi connectivity index (χ2n) is 6.56. The van der Waals surface area contributed by atoms with Crippen LogP contribution in [-0.4, -0.2) is 34.5 Å². The summed E-state index contributed by atoms with van der Waals surface area (Å²) in [7, 11) is 0. The molecule has 1 aliphatic rings. The summed E-state index contributed by atoms with van der Waals surface area (Å²) in [4.78, 5) is 11.2. The fourth-order valence-corrected chi connectivity index (χ4v) is 3.22. The van der Waals surface area contributed by atoms with Crippen molar-refractivity contribution in [3.63, 3.8) is 0 Å². The average Bonchev–Trinajstić information content (AvgIpc) is 2.58. The third-order valence-corrected chi connectivity index (χ3v) is 4.44. The summed E-state index contributed by atoms with van der Waals surface area (Å²) in [6.07, 6.45) is 8.36. The number of rotatable bonds is 6. The van der Waals surface area contributed by atoms with Gasteiger partial charge in [0.1, 0.15) is 0 Å². The van der Waals surface area contributed by atoms with Gasteiger partial charge in [-0.25, -0.2) is 0 Å².